The van der Waals surface area contributed by atoms with Gasteiger partial charge in [0.15, 0.2) is 12.6 Å². The minimum atomic E-state index is -1.57. The lowest BCUT2D eigenvalue weighted by molar-refractivity contribution is -0.384. The van der Waals surface area contributed by atoms with Crippen LogP contribution in [0.2, 0.25) is 0 Å². The number of hydrogen-bond acceptors (Lipinski definition) is 18. The molecule has 20 nitrogen and oxygen atoms in total. The number of esters is 1. The SMILES string of the molecule is C=C1CC[C@@H]2[C@@H](C)/C(=N/O)[C@H](C)C[C@@](C)(OC1)[C@H](O[C@@H]1O[C@H](C)C[C@H](N(C)CCc3cn(CCc4ccc([N+](=O)[O-])cc4)nn3)[C@H]1O)[C@@H](C)[C@H](O[C@H]1C[C@@](C)(OC)[C@@H](O)[C@H](C)O1)[C@@H](C)C(=O)O[C@H](CC)[C@@]2(C)O. The van der Waals surface area contributed by atoms with Crippen molar-refractivity contribution >= 4 is 17.4 Å². The average Bonchev–Trinajstić information content (AvgIpc) is 3.81. The molecule has 4 aliphatic rings. The number of rotatable bonds is 14. The van der Waals surface area contributed by atoms with Crippen LogP contribution in [0.5, 0.6) is 0 Å². The highest BCUT2D eigenvalue weighted by molar-refractivity contribution is 5.88. The minimum absolute atomic E-state index is 0.0387. The number of nitrogens with zero attached hydrogens (tertiary/aromatic N) is 6. The van der Waals surface area contributed by atoms with Gasteiger partial charge < -0.3 is 58.6 Å². The molecule has 18 atom stereocenters. The maximum atomic E-state index is 14.8. The molecule has 1 aromatic carbocycles. The zero-order valence-electron chi connectivity index (χ0n) is 45.1. The summed E-state index contributed by atoms with van der Waals surface area (Å²) in [5.41, 5.74) is -0.956. The van der Waals surface area contributed by atoms with Gasteiger partial charge in [0, 0.05) is 75.2 Å². The van der Waals surface area contributed by atoms with Gasteiger partial charge in [0.25, 0.3) is 5.69 Å². The van der Waals surface area contributed by atoms with Gasteiger partial charge in [0.1, 0.15) is 23.9 Å². The number of carbonyl (C=O) groups excluding carboxylic acids is 1. The number of aliphatic hydroxyl groups excluding tert-OH is 2. The molecule has 4 aliphatic heterocycles. The summed E-state index contributed by atoms with van der Waals surface area (Å²) in [5.74, 6) is -3.82. The molecule has 1 aromatic heterocycles. The molecule has 6 rings (SSSR count). The third kappa shape index (κ3) is 13.4. The number of benzene rings is 1. The fraction of sp³-hybridized carbons (Fsp3) is 0.774. The van der Waals surface area contributed by atoms with E-state index in [4.69, 9.17) is 33.2 Å². The number of hydrogen-bond donors (Lipinski definition) is 4. The Morgan fingerprint density at radius 1 is 1.03 bits per heavy atom. The van der Waals surface area contributed by atoms with Gasteiger partial charge in [-0.05, 0) is 98.6 Å². The first-order valence-electron chi connectivity index (χ1n) is 26.2. The summed E-state index contributed by atoms with van der Waals surface area (Å²) in [6, 6.07) is 6.03. The van der Waals surface area contributed by atoms with E-state index < -0.39 is 113 Å². The molecule has 0 aliphatic carbocycles. The fourth-order valence-corrected chi connectivity index (χ4v) is 12.0. The predicted molar refractivity (Wildman–Crippen MR) is 270 cm³/mol. The topological polar surface area (TPSA) is 252 Å². The summed E-state index contributed by atoms with van der Waals surface area (Å²) in [6.07, 6.45) is -3.33. The molecule has 5 heterocycles. The maximum absolute atomic E-state index is 14.8. The van der Waals surface area contributed by atoms with Crippen LogP contribution in [0.3, 0.4) is 0 Å². The lowest BCUT2D eigenvalue weighted by Crippen LogP contribution is -2.61. The molecule has 0 spiro atoms. The molecule has 0 amide bonds. The molecule has 410 valence electrons. The average molecular weight is 1030 g/mol. The Bertz CT molecular complexity index is 2190. The van der Waals surface area contributed by atoms with Crippen molar-refractivity contribution in [1.82, 2.24) is 19.9 Å². The van der Waals surface area contributed by atoms with Crippen molar-refractivity contribution in [2.75, 3.05) is 27.3 Å². The van der Waals surface area contributed by atoms with E-state index in [1.807, 2.05) is 54.8 Å². The molecule has 2 bridgehead atoms. The number of aliphatic hydroxyl groups is 3. The summed E-state index contributed by atoms with van der Waals surface area (Å²) < 4.78 is 48.1. The number of fused-ring (bicyclic) bond motifs is 5. The van der Waals surface area contributed by atoms with Crippen LogP contribution in [0.1, 0.15) is 119 Å². The van der Waals surface area contributed by atoms with Crippen molar-refractivity contribution in [3.05, 3.63) is 64.0 Å². The number of aromatic nitrogens is 3. The molecular formula is C53H84N6O14. The number of cyclic esters (lactones) is 1. The van der Waals surface area contributed by atoms with Crippen LogP contribution < -0.4 is 0 Å². The molecular weight excluding hydrogens is 945 g/mol. The molecule has 0 saturated carbocycles. The minimum Gasteiger partial charge on any atom is -0.459 e. The number of nitro benzene ring substituents is 1. The summed E-state index contributed by atoms with van der Waals surface area (Å²) in [5, 5.41) is 70.8. The number of nitro groups is 1. The quantitative estimate of drug-likeness (QED) is 0.0554. The second-order valence-electron chi connectivity index (χ2n) is 22.2. The zero-order chi connectivity index (χ0) is 53.7. The smallest absolute Gasteiger partial charge is 0.311 e. The van der Waals surface area contributed by atoms with Crippen LogP contribution in [0.25, 0.3) is 0 Å². The van der Waals surface area contributed by atoms with E-state index >= 15 is 0 Å². The molecule has 4 fully saturated rings. The molecule has 0 radical (unpaired) electrons. The van der Waals surface area contributed by atoms with Crippen molar-refractivity contribution in [2.45, 2.75) is 205 Å². The number of carbonyl (C=O) groups is 1. The Morgan fingerprint density at radius 3 is 2.37 bits per heavy atom. The fourth-order valence-electron chi connectivity index (χ4n) is 12.0. The molecule has 73 heavy (non-hydrogen) atoms. The van der Waals surface area contributed by atoms with Gasteiger partial charge in [-0.1, -0.05) is 62.3 Å². The molecule has 4 N–H and O–H groups in total. The highest BCUT2D eigenvalue weighted by Gasteiger charge is 2.54. The van der Waals surface area contributed by atoms with E-state index in [9.17, 15) is 35.4 Å². The van der Waals surface area contributed by atoms with Crippen LogP contribution in [-0.4, -0.2) is 162 Å². The molecule has 0 unspecified atom stereocenters. The lowest BCUT2D eigenvalue weighted by atomic mass is 9.68. The van der Waals surface area contributed by atoms with Crippen LogP contribution >= 0.6 is 0 Å². The summed E-state index contributed by atoms with van der Waals surface area (Å²) in [4.78, 5) is 27.5. The number of methoxy groups -OCH3 is 1. The van der Waals surface area contributed by atoms with Crippen LogP contribution in [-0.2, 0) is 57.3 Å². The summed E-state index contributed by atoms with van der Waals surface area (Å²) in [7, 11) is 3.46. The van der Waals surface area contributed by atoms with E-state index in [1.165, 1.54) is 19.2 Å². The first kappa shape index (κ1) is 58.3. The number of likely N-dealkylation sites (N-methyl/N-ethyl adjacent to an activating group) is 1. The number of non-ortho nitro benzene ring substituents is 1. The first-order chi connectivity index (χ1) is 34.4. The van der Waals surface area contributed by atoms with E-state index in [-0.39, 0.29) is 37.7 Å². The highest BCUT2D eigenvalue weighted by atomic mass is 16.7. The van der Waals surface area contributed by atoms with Gasteiger partial charge in [-0.25, -0.2) is 0 Å². The number of oxime groups is 1. The van der Waals surface area contributed by atoms with Crippen LogP contribution in [0, 0.1) is 39.7 Å². The highest BCUT2D eigenvalue weighted by Crippen LogP contribution is 2.45. The van der Waals surface area contributed by atoms with Gasteiger partial charge >= 0.3 is 5.97 Å². The van der Waals surface area contributed by atoms with Gasteiger partial charge in [0.05, 0.1) is 64.5 Å². The lowest BCUT2D eigenvalue weighted by Gasteiger charge is -2.50. The van der Waals surface area contributed by atoms with Crippen LogP contribution in [0.15, 0.2) is 47.8 Å². The van der Waals surface area contributed by atoms with E-state index in [1.54, 1.807) is 44.5 Å². The van der Waals surface area contributed by atoms with Crippen molar-refractivity contribution in [1.29, 1.82) is 0 Å². The predicted octanol–water partition coefficient (Wildman–Crippen LogP) is 6.03. The first-order valence-corrected chi connectivity index (χ1v) is 26.2. The van der Waals surface area contributed by atoms with Crippen molar-refractivity contribution in [3.63, 3.8) is 0 Å². The standard InChI is InChI=1S/C53H84N6O14/c1-14-42-53(11,63)40-20-15-30(2)29-68-52(10,26-31(3)44(55-64)33(40)5)48(34(6)46(35(7)49(62)71-42)72-43-27-51(9,67-13)47(61)36(8)70-43)73-50-45(60)41(25-32(4)69-50)57(12)23-22-38-28-58(56-54-38)24-21-37-16-18-39(19-17-37)59(65)66/h16-19,28,31-36,40-43,45-48,50,60-61,63-64H,2,14-15,20-27,29H2,1,3-13H3/b55-44+/t31-,32-,33-,34+,35-,36+,40-,41+,42-,43+,45-,46+,47+,48-,50+,51-,52-,53+/m1/s1. The number of ether oxygens (including phenoxy) is 7. The van der Waals surface area contributed by atoms with E-state index in [0.29, 0.717) is 50.9 Å². The maximum Gasteiger partial charge on any atom is 0.311 e. The zero-order valence-corrected chi connectivity index (χ0v) is 45.1. The van der Waals surface area contributed by atoms with Crippen LogP contribution in [0.4, 0.5) is 5.69 Å². The second-order valence-corrected chi connectivity index (χ2v) is 22.2. The molecule has 2 aromatic rings. The molecule has 4 saturated heterocycles. The Labute approximate surface area is 430 Å². The molecule has 20 heteroatoms. The van der Waals surface area contributed by atoms with E-state index in [0.717, 1.165) is 16.8 Å². The van der Waals surface area contributed by atoms with Gasteiger partial charge in [-0.15, -0.1) is 5.10 Å². The monoisotopic (exact) mass is 1030 g/mol. The Kier molecular flexibility index (Phi) is 19.5. The third-order valence-electron chi connectivity index (χ3n) is 16.6. The Hall–Kier alpha value is -3.96. The Morgan fingerprint density at radius 2 is 1.73 bits per heavy atom. The van der Waals surface area contributed by atoms with Crippen molar-refractivity contribution in [2.24, 2.45) is 34.7 Å². The number of aryl methyl sites for hydroxylation is 2. The van der Waals surface area contributed by atoms with Gasteiger partial charge in [-0.2, -0.15) is 0 Å². The van der Waals surface area contributed by atoms with Crippen molar-refractivity contribution in [3.8, 4) is 0 Å². The largest absolute Gasteiger partial charge is 0.459 e. The second kappa shape index (κ2) is 24.4. The van der Waals surface area contributed by atoms with E-state index in [2.05, 4.69) is 26.9 Å². The normalized spacial score (nSPS) is 39.9. The third-order valence-corrected chi connectivity index (χ3v) is 16.6. The van der Waals surface area contributed by atoms with Gasteiger partial charge in [-0.3, -0.25) is 19.6 Å². The van der Waals surface area contributed by atoms with Crippen molar-refractivity contribution < 1.29 is 63.4 Å². The van der Waals surface area contributed by atoms with Gasteiger partial charge in [0.2, 0.25) is 0 Å². The summed E-state index contributed by atoms with van der Waals surface area (Å²) in [6.45, 7) is 24.0. The Balaban J connectivity index is 1.34. The summed E-state index contributed by atoms with van der Waals surface area (Å²) >= 11 is 0.